The maximum Gasteiger partial charge on any atom is 0.136 e. The zero-order chi connectivity index (χ0) is 26.1. The maximum atomic E-state index is 6.51. The predicted octanol–water partition coefficient (Wildman–Crippen LogP) is 5.37. The average Bonchev–Trinajstić information content (AvgIpc) is 3.58. The number of hydrogen-bond acceptors (Lipinski definition) is 7. The van der Waals surface area contributed by atoms with Gasteiger partial charge in [0.25, 0.3) is 0 Å². The van der Waals surface area contributed by atoms with Crippen molar-refractivity contribution in [2.24, 2.45) is 21.6 Å². The van der Waals surface area contributed by atoms with Crippen LogP contribution in [0.2, 0.25) is 0 Å². The lowest BCUT2D eigenvalue weighted by Crippen LogP contribution is -2.39. The molecule has 1 aromatic heterocycles. The minimum absolute atomic E-state index is 0.00146. The summed E-state index contributed by atoms with van der Waals surface area (Å²) in [6, 6.07) is 14.1. The third-order valence-electron chi connectivity index (χ3n) is 7.57. The van der Waals surface area contributed by atoms with Crippen molar-refractivity contribution in [2.45, 2.75) is 64.3 Å². The number of aromatic nitrogens is 2. The van der Waals surface area contributed by atoms with E-state index < -0.39 is 0 Å². The molecular weight excluding hydrogens is 476 g/mol. The topological polar surface area (TPSA) is 99.1 Å². The molecule has 8 nitrogen and oxygen atoms in total. The fraction of sp³-hybridized carbons (Fsp3) is 0.433. The summed E-state index contributed by atoms with van der Waals surface area (Å²) >= 11 is 0. The molecule has 0 radical (unpaired) electrons. The molecule has 1 unspecified atom stereocenters. The fourth-order valence-electron chi connectivity index (χ4n) is 5.67. The minimum atomic E-state index is -0.211. The average molecular weight is 513 g/mol. The van der Waals surface area contributed by atoms with Crippen LogP contribution < -0.4 is 20.5 Å². The van der Waals surface area contributed by atoms with Crippen LogP contribution in [0.15, 0.2) is 52.4 Å². The lowest BCUT2D eigenvalue weighted by molar-refractivity contribution is 0.310. The van der Waals surface area contributed by atoms with Gasteiger partial charge in [0.2, 0.25) is 0 Å². The van der Waals surface area contributed by atoms with E-state index in [0.29, 0.717) is 12.5 Å². The fourth-order valence-corrected chi connectivity index (χ4v) is 5.67. The molecule has 2 aromatic carbocycles. The van der Waals surface area contributed by atoms with Crippen molar-refractivity contribution in [3.63, 3.8) is 0 Å². The molecule has 3 aromatic rings. The summed E-state index contributed by atoms with van der Waals surface area (Å²) in [7, 11) is 0. The molecule has 0 spiro atoms. The van der Waals surface area contributed by atoms with E-state index in [1.54, 1.807) is 0 Å². The third-order valence-corrected chi connectivity index (χ3v) is 7.57. The summed E-state index contributed by atoms with van der Waals surface area (Å²) in [5, 5.41) is 3.41. The molecule has 0 amide bonds. The molecule has 1 atom stereocenters. The number of nitrogens with one attached hydrogen (secondary N) is 1. The van der Waals surface area contributed by atoms with E-state index in [9.17, 15) is 0 Å². The van der Waals surface area contributed by atoms with Crippen LogP contribution in [0.25, 0.3) is 11.3 Å². The van der Waals surface area contributed by atoms with Crippen LogP contribution >= 0.6 is 0 Å². The van der Waals surface area contributed by atoms with Gasteiger partial charge < -0.3 is 19.8 Å². The largest absolute Gasteiger partial charge is 0.492 e. The summed E-state index contributed by atoms with van der Waals surface area (Å²) < 4.78 is 14.6. The smallest absolute Gasteiger partial charge is 0.136 e. The normalized spacial score (nSPS) is 23.0. The van der Waals surface area contributed by atoms with E-state index in [1.807, 2.05) is 56.6 Å². The Morgan fingerprint density at radius 1 is 1.00 bits per heavy atom. The van der Waals surface area contributed by atoms with Gasteiger partial charge in [-0.05, 0) is 68.7 Å². The van der Waals surface area contributed by atoms with Crippen molar-refractivity contribution in [2.75, 3.05) is 13.2 Å². The van der Waals surface area contributed by atoms with E-state index in [0.717, 1.165) is 52.9 Å². The molecule has 3 aliphatic rings. The van der Waals surface area contributed by atoms with Crippen LogP contribution in [0, 0.1) is 12.8 Å². The number of ether oxygens (including phenoxy) is 2. The van der Waals surface area contributed by atoms with Gasteiger partial charge in [-0.1, -0.05) is 12.8 Å². The number of benzene rings is 2. The molecule has 1 saturated carbocycles. The van der Waals surface area contributed by atoms with Gasteiger partial charge >= 0.3 is 0 Å². The Morgan fingerprint density at radius 2 is 1.74 bits per heavy atom. The second kappa shape index (κ2) is 10.7. The van der Waals surface area contributed by atoms with Gasteiger partial charge in [0.1, 0.15) is 35.8 Å². The van der Waals surface area contributed by atoms with Gasteiger partial charge in [0, 0.05) is 43.1 Å². The van der Waals surface area contributed by atoms with E-state index >= 15 is 0 Å². The van der Waals surface area contributed by atoms with Gasteiger partial charge in [0.15, 0.2) is 0 Å². The standard InChI is InChI=1S/C30H36N6O2/c1-19-13-25(37-18-21-16-33-20(2)34-17-21)15-26(14-19)38-24-9-7-22(8-10-24)27-28-29(31)32-11-12-36(28)30(35-27)23-5-3-4-6-23/h7-10,13-17,20-21,23,29,32H,3-6,11-12,18,31H2,1-2H3. The Bertz CT molecular complexity index is 1330. The maximum absolute atomic E-state index is 6.51. The molecule has 1 fully saturated rings. The highest BCUT2D eigenvalue weighted by molar-refractivity contribution is 5.85. The van der Waals surface area contributed by atoms with Crippen molar-refractivity contribution in [3.05, 3.63) is 59.5 Å². The number of aliphatic imine (C=N–C) groups is 2. The second-order valence-electron chi connectivity index (χ2n) is 10.6. The van der Waals surface area contributed by atoms with Crippen molar-refractivity contribution in [1.82, 2.24) is 14.9 Å². The molecule has 2 aliphatic heterocycles. The van der Waals surface area contributed by atoms with Crippen LogP contribution in [-0.4, -0.2) is 41.3 Å². The lowest BCUT2D eigenvalue weighted by Gasteiger charge is -2.25. The van der Waals surface area contributed by atoms with Gasteiger partial charge in [-0.15, -0.1) is 0 Å². The molecule has 1 aliphatic carbocycles. The molecular formula is C30H36N6O2. The van der Waals surface area contributed by atoms with Gasteiger partial charge in [0.05, 0.1) is 23.5 Å². The molecule has 0 bridgehead atoms. The Balaban J connectivity index is 1.19. The third kappa shape index (κ3) is 5.24. The molecule has 198 valence electrons. The molecule has 6 rings (SSSR count). The number of hydrogen-bond donors (Lipinski definition) is 2. The SMILES string of the molecule is Cc1cc(OCC2C=NC(C)N=C2)cc(Oc2ccc(-c3nc(C4CCCC4)n4c3C(N)NCC4)cc2)c1. The highest BCUT2D eigenvalue weighted by Gasteiger charge is 2.30. The van der Waals surface area contributed by atoms with Crippen molar-refractivity contribution in [1.29, 1.82) is 0 Å². The summed E-state index contributed by atoms with van der Waals surface area (Å²) in [5.41, 5.74) is 10.7. The minimum Gasteiger partial charge on any atom is -0.492 e. The molecule has 3 N–H and O–H groups in total. The number of imidazole rings is 1. The molecule has 8 heteroatoms. The highest BCUT2D eigenvalue weighted by Crippen LogP contribution is 2.39. The zero-order valence-electron chi connectivity index (χ0n) is 22.1. The van der Waals surface area contributed by atoms with Crippen LogP contribution in [0.1, 0.15) is 61.8 Å². The second-order valence-corrected chi connectivity index (χ2v) is 10.6. The first kappa shape index (κ1) is 24.8. The first-order chi connectivity index (χ1) is 18.5. The summed E-state index contributed by atoms with van der Waals surface area (Å²) in [6.45, 7) is 6.28. The van der Waals surface area contributed by atoms with E-state index in [1.165, 1.54) is 31.5 Å². The van der Waals surface area contributed by atoms with Gasteiger partial charge in [-0.2, -0.15) is 0 Å². The van der Waals surface area contributed by atoms with E-state index in [4.69, 9.17) is 20.2 Å². The lowest BCUT2D eigenvalue weighted by atomic mass is 10.1. The first-order valence-electron chi connectivity index (χ1n) is 13.7. The van der Waals surface area contributed by atoms with E-state index in [2.05, 4.69) is 32.0 Å². The van der Waals surface area contributed by atoms with Crippen molar-refractivity contribution >= 4 is 12.4 Å². The van der Waals surface area contributed by atoms with Crippen molar-refractivity contribution in [3.8, 4) is 28.5 Å². The van der Waals surface area contributed by atoms with Crippen LogP contribution in [0.3, 0.4) is 0 Å². The van der Waals surface area contributed by atoms with Crippen LogP contribution in [0.4, 0.5) is 0 Å². The Kier molecular flexibility index (Phi) is 7.00. The Hall–Kier alpha value is -3.49. The number of aryl methyl sites for hydroxylation is 1. The molecule has 3 heterocycles. The van der Waals surface area contributed by atoms with E-state index in [-0.39, 0.29) is 18.2 Å². The highest BCUT2D eigenvalue weighted by atomic mass is 16.5. The quantitative estimate of drug-likeness (QED) is 0.444. The predicted molar refractivity (Wildman–Crippen MR) is 150 cm³/mol. The Labute approximate surface area is 224 Å². The summed E-state index contributed by atoms with van der Waals surface area (Å²) in [6.07, 6.45) is 8.60. The van der Waals surface area contributed by atoms with Crippen molar-refractivity contribution < 1.29 is 9.47 Å². The molecule has 0 saturated heterocycles. The number of fused-ring (bicyclic) bond motifs is 1. The van der Waals surface area contributed by atoms with Gasteiger partial charge in [-0.3, -0.25) is 15.3 Å². The van der Waals surface area contributed by atoms with Crippen LogP contribution in [-0.2, 0) is 6.54 Å². The Morgan fingerprint density at radius 3 is 2.50 bits per heavy atom. The van der Waals surface area contributed by atoms with Gasteiger partial charge in [-0.25, -0.2) is 4.98 Å². The number of nitrogens with two attached hydrogens (primary N) is 1. The number of nitrogens with zero attached hydrogens (tertiary/aromatic N) is 4. The van der Waals surface area contributed by atoms with Crippen LogP contribution in [0.5, 0.6) is 17.2 Å². The summed E-state index contributed by atoms with van der Waals surface area (Å²) in [5.74, 6) is 4.09. The monoisotopic (exact) mass is 512 g/mol. The zero-order valence-corrected chi connectivity index (χ0v) is 22.1. The number of rotatable bonds is 7. The summed E-state index contributed by atoms with van der Waals surface area (Å²) in [4.78, 5) is 13.9. The first-order valence-corrected chi connectivity index (χ1v) is 13.7. The molecule has 38 heavy (non-hydrogen) atoms.